The predicted octanol–water partition coefficient (Wildman–Crippen LogP) is 4.38. The third-order valence-corrected chi connectivity index (χ3v) is 6.08. The topological polar surface area (TPSA) is 49.8 Å². The van der Waals surface area contributed by atoms with Gasteiger partial charge >= 0.3 is 5.97 Å². The molecule has 31 heavy (non-hydrogen) atoms. The average molecular weight is 416 g/mol. The summed E-state index contributed by atoms with van der Waals surface area (Å²) in [6.07, 6.45) is 1.96. The zero-order valence-corrected chi connectivity index (χ0v) is 17.7. The third kappa shape index (κ3) is 5.04. The molecule has 0 aliphatic carbocycles. The lowest BCUT2D eigenvalue weighted by Gasteiger charge is -2.33. The minimum absolute atomic E-state index is 0.312. The molecule has 0 atom stereocenters. The fourth-order valence-corrected chi connectivity index (χ4v) is 4.21. The van der Waals surface area contributed by atoms with Gasteiger partial charge in [-0.05, 0) is 48.5 Å². The first kappa shape index (κ1) is 21.3. The molecule has 160 valence electrons. The Hall–Kier alpha value is -2.95. The molecule has 0 radical (unpaired) electrons. The molecule has 0 unspecified atom stereocenters. The first-order valence-corrected chi connectivity index (χ1v) is 10.9. The summed E-state index contributed by atoms with van der Waals surface area (Å²) >= 11 is 0. The standard InChI is InChI=1S/C27H29NO3/c29-26(27(30,24-12-6-2-7-13-24)25-14-8-3-9-15-25)31-21-23-16-18-28(19-17-23)20-22-10-4-1-5-11-22/h1-15,23,30H,16-21H2. The molecule has 0 amide bonds. The van der Waals surface area contributed by atoms with Gasteiger partial charge < -0.3 is 9.84 Å². The highest BCUT2D eigenvalue weighted by Crippen LogP contribution is 2.31. The molecule has 4 nitrogen and oxygen atoms in total. The number of nitrogens with zero attached hydrogens (tertiary/aromatic N) is 1. The number of hydrogen-bond donors (Lipinski definition) is 1. The molecule has 1 fully saturated rings. The molecular weight excluding hydrogens is 386 g/mol. The monoisotopic (exact) mass is 415 g/mol. The van der Waals surface area contributed by atoms with Gasteiger partial charge in [-0.15, -0.1) is 0 Å². The van der Waals surface area contributed by atoms with Crippen molar-refractivity contribution in [2.45, 2.75) is 25.0 Å². The number of ether oxygens (including phenoxy) is 1. The summed E-state index contributed by atoms with van der Waals surface area (Å²) in [5.41, 5.74) is 0.548. The Bertz CT molecular complexity index is 912. The maximum absolute atomic E-state index is 13.1. The van der Waals surface area contributed by atoms with Crippen LogP contribution in [0.1, 0.15) is 29.5 Å². The summed E-state index contributed by atoms with van der Waals surface area (Å²) < 4.78 is 5.70. The molecule has 4 heteroatoms. The van der Waals surface area contributed by atoms with Crippen LogP contribution in [-0.2, 0) is 21.7 Å². The lowest BCUT2D eigenvalue weighted by atomic mass is 9.86. The van der Waals surface area contributed by atoms with Crippen molar-refractivity contribution >= 4 is 5.97 Å². The van der Waals surface area contributed by atoms with Gasteiger partial charge in [0.15, 0.2) is 0 Å². The fourth-order valence-electron chi connectivity index (χ4n) is 4.21. The molecule has 1 aliphatic rings. The number of hydrogen-bond acceptors (Lipinski definition) is 4. The van der Waals surface area contributed by atoms with Gasteiger partial charge in [-0.2, -0.15) is 0 Å². The maximum atomic E-state index is 13.1. The van der Waals surface area contributed by atoms with Crippen LogP contribution in [0.5, 0.6) is 0 Å². The molecule has 0 bridgehead atoms. The van der Waals surface area contributed by atoms with Crippen LogP contribution in [0.4, 0.5) is 0 Å². The van der Waals surface area contributed by atoms with E-state index < -0.39 is 11.6 Å². The number of rotatable bonds is 7. The number of likely N-dealkylation sites (tertiary alicyclic amines) is 1. The van der Waals surface area contributed by atoms with E-state index in [1.54, 1.807) is 24.3 Å². The van der Waals surface area contributed by atoms with Gasteiger partial charge in [0.1, 0.15) is 0 Å². The highest BCUT2D eigenvalue weighted by Gasteiger charge is 2.41. The zero-order valence-electron chi connectivity index (χ0n) is 17.7. The van der Waals surface area contributed by atoms with Gasteiger partial charge in [-0.3, -0.25) is 4.90 Å². The van der Waals surface area contributed by atoms with Crippen LogP contribution < -0.4 is 0 Å². The van der Waals surface area contributed by atoms with E-state index in [-0.39, 0.29) is 0 Å². The summed E-state index contributed by atoms with van der Waals surface area (Å²) in [5.74, 6) is -0.302. The molecule has 0 aromatic heterocycles. The van der Waals surface area contributed by atoms with Crippen LogP contribution >= 0.6 is 0 Å². The predicted molar refractivity (Wildman–Crippen MR) is 121 cm³/mol. The van der Waals surface area contributed by atoms with E-state index >= 15 is 0 Å². The Morgan fingerprint density at radius 3 is 1.84 bits per heavy atom. The highest BCUT2D eigenvalue weighted by atomic mass is 16.5. The summed E-state index contributed by atoms with van der Waals surface area (Å²) in [5, 5.41) is 11.5. The highest BCUT2D eigenvalue weighted by molar-refractivity contribution is 5.85. The second-order valence-corrected chi connectivity index (χ2v) is 8.25. The summed E-state index contributed by atoms with van der Waals surface area (Å²) in [6.45, 7) is 3.26. The molecule has 1 heterocycles. The van der Waals surface area contributed by atoms with E-state index in [2.05, 4.69) is 29.2 Å². The van der Waals surface area contributed by atoms with Crippen molar-refractivity contribution in [2.24, 2.45) is 5.92 Å². The number of carbonyl (C=O) groups excluding carboxylic acids is 1. The molecule has 4 rings (SSSR count). The van der Waals surface area contributed by atoms with Crippen molar-refractivity contribution < 1.29 is 14.6 Å². The zero-order chi connectivity index (χ0) is 21.5. The largest absolute Gasteiger partial charge is 0.463 e. The van der Waals surface area contributed by atoms with Gasteiger partial charge in [0, 0.05) is 6.54 Å². The minimum Gasteiger partial charge on any atom is -0.463 e. The lowest BCUT2D eigenvalue weighted by molar-refractivity contribution is -0.164. The van der Waals surface area contributed by atoms with Gasteiger partial charge in [0.25, 0.3) is 0 Å². The van der Waals surface area contributed by atoms with Crippen molar-refractivity contribution in [3.8, 4) is 0 Å². The smallest absolute Gasteiger partial charge is 0.347 e. The third-order valence-electron chi connectivity index (χ3n) is 6.08. The second-order valence-electron chi connectivity index (χ2n) is 8.25. The van der Waals surface area contributed by atoms with Crippen LogP contribution in [0, 0.1) is 5.92 Å². The van der Waals surface area contributed by atoms with E-state index in [1.165, 1.54) is 5.56 Å². The SMILES string of the molecule is O=C(OCC1CCN(Cc2ccccc2)CC1)C(O)(c1ccccc1)c1ccccc1. The van der Waals surface area contributed by atoms with Crippen LogP contribution in [0.15, 0.2) is 91.0 Å². The van der Waals surface area contributed by atoms with Crippen LogP contribution in [-0.4, -0.2) is 35.7 Å². The molecule has 0 saturated carbocycles. The van der Waals surface area contributed by atoms with Gasteiger partial charge in [-0.25, -0.2) is 4.79 Å². The average Bonchev–Trinajstić information content (AvgIpc) is 2.84. The Balaban J connectivity index is 1.37. The van der Waals surface area contributed by atoms with Crippen molar-refractivity contribution in [2.75, 3.05) is 19.7 Å². The Morgan fingerprint density at radius 1 is 0.839 bits per heavy atom. The number of benzene rings is 3. The van der Waals surface area contributed by atoms with E-state index in [4.69, 9.17) is 4.74 Å². The van der Waals surface area contributed by atoms with Crippen molar-refractivity contribution in [1.29, 1.82) is 0 Å². The van der Waals surface area contributed by atoms with Crippen LogP contribution in [0.3, 0.4) is 0 Å². The molecular formula is C27H29NO3. The number of carbonyl (C=O) groups is 1. The lowest BCUT2D eigenvalue weighted by Crippen LogP contribution is -2.40. The van der Waals surface area contributed by atoms with E-state index in [9.17, 15) is 9.90 Å². The quantitative estimate of drug-likeness (QED) is 0.582. The summed E-state index contributed by atoms with van der Waals surface area (Å²) in [7, 11) is 0. The summed E-state index contributed by atoms with van der Waals surface area (Å²) in [6, 6.07) is 28.5. The minimum atomic E-state index is -1.81. The van der Waals surface area contributed by atoms with Crippen molar-refractivity contribution in [3.63, 3.8) is 0 Å². The Morgan fingerprint density at radius 2 is 1.32 bits per heavy atom. The number of aliphatic hydroxyl groups is 1. The normalized spacial score (nSPS) is 15.5. The second kappa shape index (κ2) is 9.90. The maximum Gasteiger partial charge on any atom is 0.347 e. The fraction of sp³-hybridized carbons (Fsp3) is 0.296. The van der Waals surface area contributed by atoms with Gasteiger partial charge in [0.05, 0.1) is 6.61 Å². The molecule has 1 saturated heterocycles. The first-order valence-electron chi connectivity index (χ1n) is 10.9. The molecule has 0 spiro atoms. The molecule has 3 aromatic rings. The Kier molecular flexibility index (Phi) is 6.80. The summed E-state index contributed by atoms with van der Waals surface area (Å²) in [4.78, 5) is 15.6. The van der Waals surface area contributed by atoms with Crippen LogP contribution in [0.25, 0.3) is 0 Å². The van der Waals surface area contributed by atoms with E-state index in [0.29, 0.717) is 23.7 Å². The number of piperidine rings is 1. The molecule has 1 N–H and O–H groups in total. The van der Waals surface area contributed by atoms with Gasteiger partial charge in [-0.1, -0.05) is 91.0 Å². The van der Waals surface area contributed by atoms with Crippen molar-refractivity contribution in [3.05, 3.63) is 108 Å². The van der Waals surface area contributed by atoms with Crippen LogP contribution in [0.2, 0.25) is 0 Å². The van der Waals surface area contributed by atoms with Gasteiger partial charge in [0.2, 0.25) is 5.60 Å². The first-order chi connectivity index (χ1) is 15.2. The Labute approximate surface area is 184 Å². The molecule has 1 aliphatic heterocycles. The molecule has 3 aromatic carbocycles. The number of esters is 1. The van der Waals surface area contributed by atoms with Crippen molar-refractivity contribution in [1.82, 2.24) is 4.90 Å². The van der Waals surface area contributed by atoms with E-state index in [0.717, 1.165) is 32.5 Å². The van der Waals surface area contributed by atoms with E-state index in [1.807, 2.05) is 42.5 Å².